The van der Waals surface area contributed by atoms with E-state index in [9.17, 15) is 0 Å². The molecule has 0 aromatic heterocycles. The summed E-state index contributed by atoms with van der Waals surface area (Å²) >= 11 is 0. The zero-order valence-corrected chi connectivity index (χ0v) is 17.3. The zero-order valence-electron chi connectivity index (χ0n) is 14.9. The highest BCUT2D eigenvalue weighted by Gasteiger charge is 2.21. The molecule has 0 bridgehead atoms. The Morgan fingerprint density at radius 3 is 2.48 bits per heavy atom. The molecule has 5 nitrogen and oxygen atoms in total. The van der Waals surface area contributed by atoms with Gasteiger partial charge in [0.25, 0.3) is 0 Å². The van der Waals surface area contributed by atoms with Gasteiger partial charge < -0.3 is 19.3 Å². The Balaban J connectivity index is 0.00000264. The molecule has 0 radical (unpaired) electrons. The van der Waals surface area contributed by atoms with Gasteiger partial charge in [0.1, 0.15) is 17.6 Å². The van der Waals surface area contributed by atoms with E-state index in [4.69, 9.17) is 14.5 Å². The third-order valence-electron chi connectivity index (χ3n) is 3.57. The fraction of sp³-hybridized carbons (Fsp3) is 0.588. The van der Waals surface area contributed by atoms with Crippen LogP contribution in [0.3, 0.4) is 0 Å². The third-order valence-corrected chi connectivity index (χ3v) is 3.57. The number of benzene rings is 1. The van der Waals surface area contributed by atoms with Crippen molar-refractivity contribution < 1.29 is 9.47 Å². The van der Waals surface area contributed by atoms with Crippen molar-refractivity contribution in [2.24, 2.45) is 4.99 Å². The summed E-state index contributed by atoms with van der Waals surface area (Å²) in [7, 11) is 7.98. The van der Waals surface area contributed by atoms with Gasteiger partial charge in [-0.3, -0.25) is 0 Å². The van der Waals surface area contributed by atoms with Crippen LogP contribution >= 0.6 is 24.0 Å². The predicted octanol–water partition coefficient (Wildman–Crippen LogP) is 3.01. The van der Waals surface area contributed by atoms with Crippen LogP contribution in [0.5, 0.6) is 11.5 Å². The number of halogens is 1. The van der Waals surface area contributed by atoms with Gasteiger partial charge in [-0.1, -0.05) is 0 Å². The highest BCUT2D eigenvalue weighted by molar-refractivity contribution is 14.0. The molecule has 0 saturated carbocycles. The van der Waals surface area contributed by atoms with Crippen LogP contribution in [-0.2, 0) is 13.0 Å². The second-order valence-corrected chi connectivity index (χ2v) is 6.04. The molecule has 1 atom stereocenters. The average molecular weight is 433 g/mol. The highest BCUT2D eigenvalue weighted by atomic mass is 127. The van der Waals surface area contributed by atoms with Crippen LogP contribution in [0.15, 0.2) is 17.1 Å². The van der Waals surface area contributed by atoms with Crippen molar-refractivity contribution in [3.05, 3.63) is 23.3 Å². The fourth-order valence-electron chi connectivity index (χ4n) is 2.73. The van der Waals surface area contributed by atoms with Crippen molar-refractivity contribution >= 4 is 29.9 Å². The number of guanidine groups is 1. The van der Waals surface area contributed by atoms with Gasteiger partial charge in [0.15, 0.2) is 5.96 Å². The SMILES string of the molecule is CCOc1cc2c(cc1CN=C(N(C)C)N(C)C)OC(C)C2.I. The summed E-state index contributed by atoms with van der Waals surface area (Å²) in [6.07, 6.45) is 1.18. The maximum absolute atomic E-state index is 5.86. The summed E-state index contributed by atoms with van der Waals surface area (Å²) in [6.45, 7) is 5.32. The quantitative estimate of drug-likeness (QED) is 0.416. The van der Waals surface area contributed by atoms with Gasteiger partial charge in [0, 0.05) is 45.7 Å². The first kappa shape index (κ1) is 19.9. The van der Waals surface area contributed by atoms with E-state index in [2.05, 4.69) is 19.1 Å². The normalized spacial score (nSPS) is 15.1. The Kier molecular flexibility index (Phi) is 7.44. The molecule has 0 N–H and O–H groups in total. The molecule has 0 saturated heterocycles. The lowest BCUT2D eigenvalue weighted by atomic mass is 10.1. The van der Waals surface area contributed by atoms with Crippen molar-refractivity contribution in [1.82, 2.24) is 9.80 Å². The lowest BCUT2D eigenvalue weighted by Gasteiger charge is -2.23. The summed E-state index contributed by atoms with van der Waals surface area (Å²) in [4.78, 5) is 8.73. The molecule has 1 heterocycles. The molecule has 1 aliphatic rings. The first-order valence-corrected chi connectivity index (χ1v) is 7.76. The van der Waals surface area contributed by atoms with E-state index < -0.39 is 0 Å². The standard InChI is InChI=1S/C17H27N3O2.HI/c1-7-21-15-9-13-8-12(2)22-16(13)10-14(15)11-18-17(19(3)4)20(5)6;/h9-10,12H,7-8,11H2,1-6H3;1H. The monoisotopic (exact) mass is 433 g/mol. The largest absolute Gasteiger partial charge is 0.494 e. The van der Waals surface area contributed by atoms with Crippen LogP contribution in [0.25, 0.3) is 0 Å². The summed E-state index contributed by atoms with van der Waals surface area (Å²) < 4.78 is 11.7. The van der Waals surface area contributed by atoms with Crippen molar-refractivity contribution in [2.45, 2.75) is 32.9 Å². The molecule has 0 spiro atoms. The van der Waals surface area contributed by atoms with Gasteiger partial charge in [0.05, 0.1) is 13.2 Å². The van der Waals surface area contributed by atoms with Crippen LogP contribution in [0.2, 0.25) is 0 Å². The predicted molar refractivity (Wildman–Crippen MR) is 105 cm³/mol. The second-order valence-electron chi connectivity index (χ2n) is 6.04. The lowest BCUT2D eigenvalue weighted by Crippen LogP contribution is -2.35. The molecular formula is C17H28IN3O2. The first-order valence-electron chi connectivity index (χ1n) is 7.76. The molecule has 1 aromatic rings. The molecule has 130 valence electrons. The van der Waals surface area contributed by atoms with E-state index in [1.54, 1.807) is 0 Å². The summed E-state index contributed by atoms with van der Waals surface area (Å²) in [5.74, 6) is 2.81. The summed E-state index contributed by atoms with van der Waals surface area (Å²) in [6, 6.07) is 4.19. The van der Waals surface area contributed by atoms with Gasteiger partial charge in [-0.15, -0.1) is 24.0 Å². The second kappa shape index (κ2) is 8.61. The van der Waals surface area contributed by atoms with Crippen LogP contribution < -0.4 is 9.47 Å². The average Bonchev–Trinajstić information content (AvgIpc) is 2.77. The molecule has 1 unspecified atom stereocenters. The van der Waals surface area contributed by atoms with Crippen molar-refractivity contribution in [1.29, 1.82) is 0 Å². The molecule has 0 fully saturated rings. The van der Waals surface area contributed by atoms with E-state index >= 15 is 0 Å². The number of aliphatic imine (C=N–C) groups is 1. The number of hydrogen-bond donors (Lipinski definition) is 0. The Hall–Kier alpha value is -1.18. The minimum absolute atomic E-state index is 0. The number of hydrogen-bond acceptors (Lipinski definition) is 3. The van der Waals surface area contributed by atoms with E-state index in [0.29, 0.717) is 13.2 Å². The minimum atomic E-state index is 0. The van der Waals surface area contributed by atoms with Crippen molar-refractivity contribution in [3.63, 3.8) is 0 Å². The molecule has 0 amide bonds. The number of rotatable bonds is 4. The van der Waals surface area contributed by atoms with Gasteiger partial charge in [-0.25, -0.2) is 4.99 Å². The lowest BCUT2D eigenvalue weighted by molar-refractivity contribution is 0.254. The number of nitrogens with zero attached hydrogens (tertiary/aromatic N) is 3. The topological polar surface area (TPSA) is 37.3 Å². The third kappa shape index (κ3) is 4.89. The molecule has 2 rings (SSSR count). The van der Waals surface area contributed by atoms with E-state index in [-0.39, 0.29) is 30.1 Å². The van der Waals surface area contributed by atoms with E-state index in [0.717, 1.165) is 29.4 Å². The van der Waals surface area contributed by atoms with Crippen LogP contribution in [-0.4, -0.2) is 56.7 Å². The van der Waals surface area contributed by atoms with Crippen LogP contribution in [0.4, 0.5) is 0 Å². The Morgan fingerprint density at radius 2 is 1.91 bits per heavy atom. The molecule has 1 aliphatic heterocycles. The highest BCUT2D eigenvalue weighted by Crippen LogP contribution is 2.35. The number of fused-ring (bicyclic) bond motifs is 1. The van der Waals surface area contributed by atoms with E-state index in [1.807, 2.05) is 44.9 Å². The first-order chi connectivity index (χ1) is 10.4. The Labute approximate surface area is 156 Å². The number of ether oxygens (including phenoxy) is 2. The van der Waals surface area contributed by atoms with Crippen LogP contribution in [0.1, 0.15) is 25.0 Å². The van der Waals surface area contributed by atoms with Crippen molar-refractivity contribution in [3.8, 4) is 11.5 Å². The smallest absolute Gasteiger partial charge is 0.195 e. The van der Waals surface area contributed by atoms with Gasteiger partial charge in [-0.05, 0) is 26.0 Å². The Morgan fingerprint density at radius 1 is 1.26 bits per heavy atom. The maximum atomic E-state index is 5.86. The molecule has 6 heteroatoms. The maximum Gasteiger partial charge on any atom is 0.195 e. The van der Waals surface area contributed by atoms with Crippen LogP contribution in [0, 0.1) is 0 Å². The Bertz CT molecular complexity index is 549. The molecule has 1 aromatic carbocycles. The van der Waals surface area contributed by atoms with Gasteiger partial charge in [-0.2, -0.15) is 0 Å². The molecular weight excluding hydrogens is 405 g/mol. The van der Waals surface area contributed by atoms with E-state index in [1.165, 1.54) is 5.56 Å². The van der Waals surface area contributed by atoms with Gasteiger partial charge >= 0.3 is 0 Å². The molecule has 0 aliphatic carbocycles. The van der Waals surface area contributed by atoms with Gasteiger partial charge in [0.2, 0.25) is 0 Å². The van der Waals surface area contributed by atoms with Crippen molar-refractivity contribution in [2.75, 3.05) is 34.8 Å². The summed E-state index contributed by atoms with van der Waals surface area (Å²) in [5.41, 5.74) is 2.29. The zero-order chi connectivity index (χ0) is 16.3. The summed E-state index contributed by atoms with van der Waals surface area (Å²) in [5, 5.41) is 0. The minimum Gasteiger partial charge on any atom is -0.494 e. The fourth-order valence-corrected chi connectivity index (χ4v) is 2.73. The molecule has 23 heavy (non-hydrogen) atoms.